The van der Waals surface area contributed by atoms with Crippen LogP contribution in [0.25, 0.3) is 0 Å². The number of nitrogens with zero attached hydrogens (tertiary/aromatic N) is 2. The first kappa shape index (κ1) is 17.6. The Morgan fingerprint density at radius 3 is 2.84 bits per heavy atom. The van der Waals surface area contributed by atoms with E-state index in [2.05, 4.69) is 10.5 Å². The Morgan fingerprint density at radius 1 is 1.40 bits per heavy atom. The van der Waals surface area contributed by atoms with Gasteiger partial charge in [0.2, 0.25) is 10.0 Å². The summed E-state index contributed by atoms with van der Waals surface area (Å²) in [5, 5.41) is 6.52. The van der Waals surface area contributed by atoms with Crippen LogP contribution < -0.4 is 5.32 Å². The number of carbonyl (C=O) groups is 1. The van der Waals surface area contributed by atoms with Gasteiger partial charge in [-0.05, 0) is 44.9 Å². The summed E-state index contributed by atoms with van der Waals surface area (Å²) in [6.07, 6.45) is 1.72. The first-order chi connectivity index (χ1) is 11.9. The summed E-state index contributed by atoms with van der Waals surface area (Å²) in [4.78, 5) is 12.5. The monoisotopic (exact) mass is 363 g/mol. The van der Waals surface area contributed by atoms with E-state index in [-0.39, 0.29) is 23.4 Å². The summed E-state index contributed by atoms with van der Waals surface area (Å²) in [6.45, 7) is 4.41. The first-order valence-corrected chi connectivity index (χ1v) is 9.64. The van der Waals surface area contributed by atoms with Crippen molar-refractivity contribution in [3.8, 4) is 0 Å². The third kappa shape index (κ3) is 3.74. The topological polar surface area (TPSA) is 92.5 Å². The standard InChI is InChI=1S/C17H21N3O4S/c1-12-5-4-8-20(12)25(22,23)16-7-3-6-14(10-16)17(21)18-11-15-9-13(2)24-19-15/h3,6-7,9-10,12H,4-5,8,11H2,1-2H3,(H,18,21). The number of aryl methyl sites for hydroxylation is 1. The summed E-state index contributed by atoms with van der Waals surface area (Å²) in [6, 6.07) is 7.84. The van der Waals surface area contributed by atoms with Gasteiger partial charge in [0.15, 0.2) is 0 Å². The highest BCUT2D eigenvalue weighted by molar-refractivity contribution is 7.89. The van der Waals surface area contributed by atoms with E-state index >= 15 is 0 Å². The van der Waals surface area contributed by atoms with Crippen LogP contribution in [0.3, 0.4) is 0 Å². The molecule has 2 aromatic rings. The first-order valence-electron chi connectivity index (χ1n) is 8.20. The number of rotatable bonds is 5. The third-order valence-corrected chi connectivity index (χ3v) is 6.31. The molecule has 0 saturated carbocycles. The van der Waals surface area contributed by atoms with Crippen molar-refractivity contribution in [1.82, 2.24) is 14.8 Å². The van der Waals surface area contributed by atoms with Gasteiger partial charge in [0.1, 0.15) is 11.5 Å². The zero-order valence-electron chi connectivity index (χ0n) is 14.2. The van der Waals surface area contributed by atoms with Gasteiger partial charge in [-0.1, -0.05) is 11.2 Å². The smallest absolute Gasteiger partial charge is 0.251 e. The third-order valence-electron chi connectivity index (χ3n) is 4.30. The molecule has 1 aliphatic rings. The second kappa shape index (κ2) is 6.97. The minimum atomic E-state index is -3.58. The molecule has 3 rings (SSSR count). The van der Waals surface area contributed by atoms with E-state index in [1.807, 2.05) is 6.92 Å². The number of carbonyl (C=O) groups excluding carboxylic acids is 1. The number of hydrogen-bond donors (Lipinski definition) is 1. The van der Waals surface area contributed by atoms with Crippen LogP contribution in [0.15, 0.2) is 39.8 Å². The van der Waals surface area contributed by atoms with Gasteiger partial charge in [0.25, 0.3) is 5.91 Å². The highest BCUT2D eigenvalue weighted by atomic mass is 32.2. The molecule has 1 unspecified atom stereocenters. The number of hydrogen-bond acceptors (Lipinski definition) is 5. The van der Waals surface area contributed by atoms with Gasteiger partial charge in [-0.25, -0.2) is 8.42 Å². The van der Waals surface area contributed by atoms with E-state index in [9.17, 15) is 13.2 Å². The normalized spacial score (nSPS) is 18.4. The SMILES string of the molecule is Cc1cc(CNC(=O)c2cccc(S(=O)(=O)N3CCCC3C)c2)no1. The van der Waals surface area contributed by atoms with E-state index in [0.717, 1.165) is 12.8 Å². The van der Waals surface area contributed by atoms with E-state index < -0.39 is 10.0 Å². The van der Waals surface area contributed by atoms with E-state index in [1.165, 1.54) is 16.4 Å². The van der Waals surface area contributed by atoms with Crippen LogP contribution in [0.2, 0.25) is 0 Å². The Kier molecular flexibility index (Phi) is 4.91. The average Bonchev–Trinajstić information content (AvgIpc) is 3.21. The minimum absolute atomic E-state index is 0.0158. The lowest BCUT2D eigenvalue weighted by Gasteiger charge is -2.21. The Labute approximate surface area is 147 Å². The van der Waals surface area contributed by atoms with Crippen molar-refractivity contribution in [1.29, 1.82) is 0 Å². The molecule has 1 aromatic heterocycles. The molecule has 7 nitrogen and oxygen atoms in total. The van der Waals surface area contributed by atoms with Crippen molar-refractivity contribution in [3.05, 3.63) is 47.3 Å². The van der Waals surface area contributed by atoms with Gasteiger partial charge in [-0.3, -0.25) is 4.79 Å². The molecule has 2 heterocycles. The van der Waals surface area contributed by atoms with E-state index in [4.69, 9.17) is 4.52 Å². The van der Waals surface area contributed by atoms with E-state index in [1.54, 1.807) is 25.1 Å². The summed E-state index contributed by atoms with van der Waals surface area (Å²) in [7, 11) is -3.58. The molecule has 0 spiro atoms. The van der Waals surface area contributed by atoms with Crippen LogP contribution >= 0.6 is 0 Å². The lowest BCUT2D eigenvalue weighted by Crippen LogP contribution is -2.33. The zero-order chi connectivity index (χ0) is 18.0. The fraction of sp³-hybridized carbons (Fsp3) is 0.412. The summed E-state index contributed by atoms with van der Waals surface area (Å²) in [5.41, 5.74) is 0.911. The lowest BCUT2D eigenvalue weighted by atomic mass is 10.2. The zero-order valence-corrected chi connectivity index (χ0v) is 15.0. The van der Waals surface area contributed by atoms with Crippen LogP contribution in [0.4, 0.5) is 0 Å². The molecule has 25 heavy (non-hydrogen) atoms. The van der Waals surface area contributed by atoms with Gasteiger partial charge in [-0.15, -0.1) is 0 Å². The molecule has 1 aliphatic heterocycles. The maximum absolute atomic E-state index is 12.8. The van der Waals surface area contributed by atoms with Crippen molar-refractivity contribution >= 4 is 15.9 Å². The van der Waals surface area contributed by atoms with Crippen molar-refractivity contribution in [2.24, 2.45) is 0 Å². The second-order valence-corrected chi connectivity index (χ2v) is 8.14. The molecule has 1 saturated heterocycles. The second-order valence-electron chi connectivity index (χ2n) is 6.25. The maximum atomic E-state index is 12.8. The molecule has 1 fully saturated rings. The number of amides is 1. The molecule has 8 heteroatoms. The van der Waals surface area contributed by atoms with Crippen LogP contribution in [-0.4, -0.2) is 36.4 Å². The Balaban J connectivity index is 1.75. The van der Waals surface area contributed by atoms with Crippen LogP contribution in [0, 0.1) is 6.92 Å². The molecule has 0 radical (unpaired) electrons. The Bertz CT molecular complexity index is 876. The predicted molar refractivity (Wildman–Crippen MR) is 91.4 cm³/mol. The van der Waals surface area contributed by atoms with Crippen molar-refractivity contribution < 1.29 is 17.7 Å². The van der Waals surface area contributed by atoms with E-state index in [0.29, 0.717) is 23.6 Å². The Hall–Kier alpha value is -2.19. The van der Waals surface area contributed by atoms with Gasteiger partial charge < -0.3 is 9.84 Å². The number of aromatic nitrogens is 1. The maximum Gasteiger partial charge on any atom is 0.251 e. The predicted octanol–water partition coefficient (Wildman–Crippen LogP) is 2.09. The van der Waals surface area contributed by atoms with Crippen molar-refractivity contribution in [3.63, 3.8) is 0 Å². The van der Waals surface area contributed by atoms with Crippen LogP contribution in [0.1, 0.15) is 41.6 Å². The highest BCUT2D eigenvalue weighted by Crippen LogP contribution is 2.26. The molecule has 0 bridgehead atoms. The molecule has 1 N–H and O–H groups in total. The minimum Gasteiger partial charge on any atom is -0.361 e. The lowest BCUT2D eigenvalue weighted by molar-refractivity contribution is 0.0950. The summed E-state index contributed by atoms with van der Waals surface area (Å²) in [5.74, 6) is 0.309. The molecular weight excluding hydrogens is 342 g/mol. The quantitative estimate of drug-likeness (QED) is 0.878. The fourth-order valence-corrected chi connectivity index (χ4v) is 4.72. The highest BCUT2D eigenvalue weighted by Gasteiger charge is 2.32. The van der Waals surface area contributed by atoms with Crippen molar-refractivity contribution in [2.45, 2.75) is 44.2 Å². The molecule has 134 valence electrons. The fourth-order valence-electron chi connectivity index (χ4n) is 2.97. The van der Waals surface area contributed by atoms with Crippen LogP contribution in [0.5, 0.6) is 0 Å². The molecular formula is C17H21N3O4S. The molecule has 1 aromatic carbocycles. The van der Waals surface area contributed by atoms with Gasteiger partial charge in [0.05, 0.1) is 11.4 Å². The summed E-state index contributed by atoms with van der Waals surface area (Å²) >= 11 is 0. The van der Waals surface area contributed by atoms with Gasteiger partial charge >= 0.3 is 0 Å². The number of sulfonamides is 1. The molecule has 1 amide bonds. The van der Waals surface area contributed by atoms with Gasteiger partial charge in [0, 0.05) is 24.2 Å². The number of nitrogens with one attached hydrogen (secondary N) is 1. The van der Waals surface area contributed by atoms with Gasteiger partial charge in [-0.2, -0.15) is 4.31 Å². The summed E-state index contributed by atoms with van der Waals surface area (Å²) < 4.78 is 32.0. The van der Waals surface area contributed by atoms with Crippen molar-refractivity contribution in [2.75, 3.05) is 6.54 Å². The molecule has 0 aliphatic carbocycles. The Morgan fingerprint density at radius 2 is 2.20 bits per heavy atom. The van der Waals surface area contributed by atoms with Crippen LogP contribution in [-0.2, 0) is 16.6 Å². The molecule has 1 atom stereocenters. The largest absolute Gasteiger partial charge is 0.361 e. The average molecular weight is 363 g/mol. The number of benzene rings is 1.